The molecule has 0 aliphatic carbocycles. The highest BCUT2D eigenvalue weighted by atomic mass is 79.9. The van der Waals surface area contributed by atoms with E-state index in [0.717, 1.165) is 11.3 Å². The number of carbonyl (C=O) groups excluding carboxylic acids is 1. The standard InChI is InChI=1S/C17H14Br2O3/c1-21-13-8-6-11(7-9-13)15(18)16(19)17(20)12-4-3-5-14(10-12)22-2/h3-10H,1-2H3. The predicted molar refractivity (Wildman–Crippen MR) is 95.1 cm³/mol. The second-order valence-electron chi connectivity index (χ2n) is 4.42. The van der Waals surface area contributed by atoms with Crippen LogP contribution in [-0.2, 0) is 0 Å². The predicted octanol–water partition coefficient (Wildman–Crippen LogP) is 5.05. The molecule has 0 bridgehead atoms. The van der Waals surface area contributed by atoms with Crippen molar-refractivity contribution in [3.05, 3.63) is 64.1 Å². The normalized spacial score (nSPS) is 11.6. The first-order valence-corrected chi connectivity index (χ1v) is 8.04. The molecule has 2 aromatic carbocycles. The minimum Gasteiger partial charge on any atom is -0.497 e. The summed E-state index contributed by atoms with van der Waals surface area (Å²) in [6, 6.07) is 14.5. The van der Waals surface area contributed by atoms with Gasteiger partial charge in [-0.3, -0.25) is 4.79 Å². The molecule has 0 aromatic heterocycles. The van der Waals surface area contributed by atoms with Crippen LogP contribution in [0, 0.1) is 0 Å². The summed E-state index contributed by atoms with van der Waals surface area (Å²) in [4.78, 5) is 12.5. The van der Waals surface area contributed by atoms with Crippen molar-refractivity contribution in [3.63, 3.8) is 0 Å². The van der Waals surface area contributed by atoms with Crippen LogP contribution in [0.5, 0.6) is 11.5 Å². The lowest BCUT2D eigenvalue weighted by Crippen LogP contribution is -2.00. The van der Waals surface area contributed by atoms with Gasteiger partial charge in [0.15, 0.2) is 0 Å². The first kappa shape index (κ1) is 16.8. The van der Waals surface area contributed by atoms with Gasteiger partial charge in [0.05, 0.1) is 18.7 Å². The summed E-state index contributed by atoms with van der Waals surface area (Å²) >= 11 is 6.85. The molecular formula is C17H14Br2O3. The number of carbonyl (C=O) groups is 1. The van der Waals surface area contributed by atoms with Gasteiger partial charge in [-0.25, -0.2) is 0 Å². The number of ketones is 1. The molecule has 0 spiro atoms. The fourth-order valence-electron chi connectivity index (χ4n) is 1.85. The van der Waals surface area contributed by atoms with Crippen molar-refractivity contribution >= 4 is 42.1 Å². The van der Waals surface area contributed by atoms with Crippen molar-refractivity contribution in [1.82, 2.24) is 0 Å². The van der Waals surface area contributed by atoms with Gasteiger partial charge in [-0.2, -0.15) is 0 Å². The number of rotatable bonds is 5. The van der Waals surface area contributed by atoms with Crippen LogP contribution >= 0.6 is 31.9 Å². The zero-order valence-electron chi connectivity index (χ0n) is 12.1. The van der Waals surface area contributed by atoms with Crippen LogP contribution < -0.4 is 9.47 Å². The van der Waals surface area contributed by atoms with Gasteiger partial charge in [-0.05, 0) is 61.7 Å². The Morgan fingerprint density at radius 3 is 2.09 bits per heavy atom. The molecule has 0 saturated carbocycles. The number of allylic oxidation sites excluding steroid dienone is 1. The maximum Gasteiger partial charge on any atom is 0.201 e. The van der Waals surface area contributed by atoms with E-state index in [2.05, 4.69) is 31.9 Å². The number of hydrogen-bond acceptors (Lipinski definition) is 3. The largest absolute Gasteiger partial charge is 0.497 e. The van der Waals surface area contributed by atoms with Crippen molar-refractivity contribution in [1.29, 1.82) is 0 Å². The summed E-state index contributed by atoms with van der Waals surface area (Å²) in [6.45, 7) is 0. The van der Waals surface area contributed by atoms with Crippen LogP contribution in [0.15, 0.2) is 53.0 Å². The minimum atomic E-state index is -0.124. The van der Waals surface area contributed by atoms with E-state index in [0.29, 0.717) is 20.3 Å². The molecular weight excluding hydrogens is 412 g/mol. The van der Waals surface area contributed by atoms with E-state index in [-0.39, 0.29) is 5.78 Å². The first-order chi connectivity index (χ1) is 10.6. The molecule has 0 aliphatic heterocycles. The van der Waals surface area contributed by atoms with E-state index in [4.69, 9.17) is 9.47 Å². The summed E-state index contributed by atoms with van der Waals surface area (Å²) in [5.41, 5.74) is 1.43. The molecule has 2 rings (SSSR count). The monoisotopic (exact) mass is 424 g/mol. The van der Waals surface area contributed by atoms with Crippen molar-refractivity contribution in [2.45, 2.75) is 0 Å². The smallest absolute Gasteiger partial charge is 0.201 e. The first-order valence-electron chi connectivity index (χ1n) is 6.45. The number of benzene rings is 2. The molecule has 0 N–H and O–H groups in total. The second kappa shape index (κ2) is 7.61. The number of ether oxygens (including phenoxy) is 2. The molecule has 114 valence electrons. The van der Waals surface area contributed by atoms with Gasteiger partial charge in [-0.15, -0.1) is 0 Å². The highest BCUT2D eigenvalue weighted by Gasteiger charge is 2.15. The Balaban J connectivity index is 2.33. The van der Waals surface area contributed by atoms with Crippen LogP contribution in [0.1, 0.15) is 15.9 Å². The molecule has 0 heterocycles. The van der Waals surface area contributed by atoms with Crippen molar-refractivity contribution < 1.29 is 14.3 Å². The van der Waals surface area contributed by atoms with Gasteiger partial charge < -0.3 is 9.47 Å². The summed E-state index contributed by atoms with van der Waals surface area (Å²) in [5.74, 6) is 1.28. The van der Waals surface area contributed by atoms with Gasteiger partial charge in [0.1, 0.15) is 11.5 Å². The third-order valence-corrected chi connectivity index (χ3v) is 5.21. The van der Waals surface area contributed by atoms with Crippen molar-refractivity contribution in [2.75, 3.05) is 14.2 Å². The van der Waals surface area contributed by atoms with Gasteiger partial charge >= 0.3 is 0 Å². The SMILES string of the molecule is COc1ccc(C(Br)=C(Br)C(=O)c2cccc(OC)c2)cc1. The van der Waals surface area contributed by atoms with E-state index >= 15 is 0 Å². The molecule has 0 radical (unpaired) electrons. The molecule has 22 heavy (non-hydrogen) atoms. The van der Waals surface area contributed by atoms with E-state index in [9.17, 15) is 4.79 Å². The maximum absolute atomic E-state index is 12.5. The molecule has 0 aliphatic rings. The van der Waals surface area contributed by atoms with Crippen LogP contribution in [0.4, 0.5) is 0 Å². The highest BCUT2D eigenvalue weighted by molar-refractivity contribution is 9.16. The molecule has 0 unspecified atom stereocenters. The van der Waals surface area contributed by atoms with Gasteiger partial charge in [0.25, 0.3) is 0 Å². The Labute approximate surface area is 146 Å². The van der Waals surface area contributed by atoms with E-state index < -0.39 is 0 Å². The van der Waals surface area contributed by atoms with E-state index in [1.54, 1.807) is 38.5 Å². The summed E-state index contributed by atoms with van der Waals surface area (Å²) in [5, 5.41) is 0. The molecule has 0 saturated heterocycles. The average Bonchev–Trinajstić information content (AvgIpc) is 2.59. The zero-order valence-corrected chi connectivity index (χ0v) is 15.3. The summed E-state index contributed by atoms with van der Waals surface area (Å²) in [7, 11) is 3.18. The number of hydrogen-bond donors (Lipinski definition) is 0. The molecule has 0 amide bonds. The zero-order chi connectivity index (χ0) is 16.1. The topological polar surface area (TPSA) is 35.5 Å². The van der Waals surface area contributed by atoms with Crippen molar-refractivity contribution in [3.8, 4) is 11.5 Å². The van der Waals surface area contributed by atoms with E-state index in [1.807, 2.05) is 24.3 Å². The third-order valence-electron chi connectivity index (χ3n) is 3.07. The molecule has 0 atom stereocenters. The lowest BCUT2D eigenvalue weighted by Gasteiger charge is -2.07. The Kier molecular flexibility index (Phi) is 5.80. The van der Waals surface area contributed by atoms with Crippen LogP contribution in [-0.4, -0.2) is 20.0 Å². The van der Waals surface area contributed by atoms with Gasteiger partial charge in [0, 0.05) is 10.0 Å². The van der Waals surface area contributed by atoms with Crippen LogP contribution in [0.3, 0.4) is 0 Å². The van der Waals surface area contributed by atoms with Crippen LogP contribution in [0.2, 0.25) is 0 Å². The Hall–Kier alpha value is -1.59. The maximum atomic E-state index is 12.5. The molecule has 5 heteroatoms. The molecule has 2 aromatic rings. The lowest BCUT2D eigenvalue weighted by atomic mass is 10.1. The fraction of sp³-hybridized carbons (Fsp3) is 0.118. The van der Waals surface area contributed by atoms with Crippen molar-refractivity contribution in [2.24, 2.45) is 0 Å². The minimum absolute atomic E-state index is 0.124. The fourth-order valence-corrected chi connectivity index (χ4v) is 2.76. The Morgan fingerprint density at radius 1 is 0.864 bits per heavy atom. The second-order valence-corrected chi connectivity index (χ2v) is 6.00. The highest BCUT2D eigenvalue weighted by Crippen LogP contribution is 2.32. The van der Waals surface area contributed by atoms with Gasteiger partial charge in [-0.1, -0.05) is 24.3 Å². The molecule has 3 nitrogen and oxygen atoms in total. The van der Waals surface area contributed by atoms with Gasteiger partial charge in [0.2, 0.25) is 5.78 Å². The number of Topliss-reactive ketones (excluding diaryl/α,β-unsaturated/α-hetero) is 1. The number of halogens is 2. The quantitative estimate of drug-likeness (QED) is 0.497. The number of methoxy groups -OCH3 is 2. The summed E-state index contributed by atoms with van der Waals surface area (Å²) in [6.07, 6.45) is 0. The summed E-state index contributed by atoms with van der Waals surface area (Å²) < 4.78 is 11.4. The molecule has 0 fully saturated rings. The third kappa shape index (κ3) is 3.78. The Morgan fingerprint density at radius 2 is 1.50 bits per heavy atom. The van der Waals surface area contributed by atoms with E-state index in [1.165, 1.54) is 0 Å². The lowest BCUT2D eigenvalue weighted by molar-refractivity contribution is 0.104. The average molecular weight is 426 g/mol. The Bertz CT molecular complexity index is 706. The van der Waals surface area contributed by atoms with Crippen LogP contribution in [0.25, 0.3) is 4.48 Å².